The summed E-state index contributed by atoms with van der Waals surface area (Å²) in [7, 11) is 0. The third-order valence-corrected chi connectivity index (χ3v) is 1.94. The molecule has 0 unspecified atom stereocenters. The summed E-state index contributed by atoms with van der Waals surface area (Å²) in [6.45, 7) is 3.76. The molecule has 1 aromatic heterocycles. The van der Waals surface area contributed by atoms with Gasteiger partial charge in [-0.2, -0.15) is 0 Å². The van der Waals surface area contributed by atoms with E-state index in [9.17, 15) is 9.59 Å². The van der Waals surface area contributed by atoms with Crippen LogP contribution in [0.4, 0.5) is 0 Å². The van der Waals surface area contributed by atoms with Crippen molar-refractivity contribution in [3.05, 3.63) is 18.4 Å². The molecule has 6 heteroatoms. The molecular formula is C10H14N2O4. The number of nitrogens with one attached hydrogen (secondary N) is 1. The second-order valence-corrected chi connectivity index (χ2v) is 3.83. The molecule has 0 saturated carbocycles. The predicted octanol–water partition coefficient (Wildman–Crippen LogP) is 0.904. The molecule has 0 spiro atoms. The summed E-state index contributed by atoms with van der Waals surface area (Å²) < 4.78 is 4.76. The Morgan fingerprint density at radius 2 is 2.25 bits per heavy atom. The summed E-state index contributed by atoms with van der Waals surface area (Å²) in [5.74, 6) is -1.63. The smallest absolute Gasteiger partial charge is 0.326 e. The highest BCUT2D eigenvalue weighted by Crippen LogP contribution is 2.06. The molecule has 0 aliphatic rings. The van der Waals surface area contributed by atoms with Crippen molar-refractivity contribution >= 4 is 11.9 Å². The monoisotopic (exact) mass is 226 g/mol. The zero-order chi connectivity index (χ0) is 12.1. The summed E-state index contributed by atoms with van der Waals surface area (Å²) in [6, 6.07) is -0.917. The molecule has 0 aliphatic carbocycles. The minimum Gasteiger partial charge on any atom is -0.480 e. The Labute approximate surface area is 92.7 Å². The second kappa shape index (κ2) is 5.29. The third-order valence-electron chi connectivity index (χ3n) is 1.94. The van der Waals surface area contributed by atoms with Crippen LogP contribution in [0.5, 0.6) is 0 Å². The van der Waals surface area contributed by atoms with Gasteiger partial charge in [0.1, 0.15) is 12.3 Å². The van der Waals surface area contributed by atoms with Gasteiger partial charge in [-0.3, -0.25) is 4.79 Å². The minimum absolute atomic E-state index is 0.130. The Balaban J connectivity index is 2.62. The molecule has 88 valence electrons. The van der Waals surface area contributed by atoms with E-state index < -0.39 is 17.9 Å². The number of aliphatic carboxylic acids is 1. The first-order valence-electron chi connectivity index (χ1n) is 4.94. The van der Waals surface area contributed by atoms with Crippen molar-refractivity contribution in [3.63, 3.8) is 0 Å². The van der Waals surface area contributed by atoms with E-state index in [1.54, 1.807) is 0 Å². The van der Waals surface area contributed by atoms with Crippen LogP contribution in [0.3, 0.4) is 0 Å². The fraction of sp³-hybridized carbons (Fsp3) is 0.500. The van der Waals surface area contributed by atoms with Gasteiger partial charge in [0.15, 0.2) is 0 Å². The molecule has 16 heavy (non-hydrogen) atoms. The van der Waals surface area contributed by atoms with Gasteiger partial charge in [-0.25, -0.2) is 9.78 Å². The molecule has 0 fully saturated rings. The normalized spacial score (nSPS) is 12.4. The summed E-state index contributed by atoms with van der Waals surface area (Å²) >= 11 is 0. The van der Waals surface area contributed by atoms with E-state index >= 15 is 0 Å². The molecule has 0 saturated heterocycles. The molecule has 1 amide bonds. The lowest BCUT2D eigenvalue weighted by Gasteiger charge is -2.15. The maximum Gasteiger partial charge on any atom is 0.326 e. The van der Waals surface area contributed by atoms with Crippen LogP contribution in [0.25, 0.3) is 0 Å². The maximum absolute atomic E-state index is 11.5. The number of hydrogen-bond acceptors (Lipinski definition) is 4. The highest BCUT2D eigenvalue weighted by Gasteiger charge is 2.23. The number of amides is 1. The number of hydrogen-bond donors (Lipinski definition) is 2. The SMILES string of the molecule is CC(C)C[C@H](NC(=O)c1ncco1)C(=O)O. The van der Waals surface area contributed by atoms with E-state index in [-0.39, 0.29) is 11.8 Å². The Kier molecular flexibility index (Phi) is 4.04. The molecule has 1 rings (SSSR count). The number of carbonyl (C=O) groups is 2. The highest BCUT2D eigenvalue weighted by atomic mass is 16.4. The van der Waals surface area contributed by atoms with Crippen LogP contribution < -0.4 is 5.32 Å². The number of carboxylic acids is 1. The Morgan fingerprint density at radius 1 is 1.56 bits per heavy atom. The first kappa shape index (κ1) is 12.2. The molecule has 1 atom stereocenters. The molecule has 0 bridgehead atoms. The molecule has 0 radical (unpaired) electrons. The third kappa shape index (κ3) is 3.38. The summed E-state index contributed by atoms with van der Waals surface area (Å²) in [5.41, 5.74) is 0. The topological polar surface area (TPSA) is 92.4 Å². The van der Waals surface area contributed by atoms with Crippen molar-refractivity contribution in [1.82, 2.24) is 10.3 Å². The van der Waals surface area contributed by atoms with E-state index in [1.165, 1.54) is 12.5 Å². The fourth-order valence-electron chi connectivity index (χ4n) is 1.25. The van der Waals surface area contributed by atoms with Gasteiger partial charge in [-0.15, -0.1) is 0 Å². The summed E-state index contributed by atoms with van der Waals surface area (Å²) in [4.78, 5) is 26.0. The number of nitrogens with zero attached hydrogens (tertiary/aromatic N) is 1. The lowest BCUT2D eigenvalue weighted by Crippen LogP contribution is -2.41. The highest BCUT2D eigenvalue weighted by molar-refractivity contribution is 5.92. The Hall–Kier alpha value is -1.85. The lowest BCUT2D eigenvalue weighted by atomic mass is 10.0. The van der Waals surface area contributed by atoms with Crippen molar-refractivity contribution in [2.75, 3.05) is 0 Å². The van der Waals surface area contributed by atoms with Crippen LogP contribution >= 0.6 is 0 Å². The van der Waals surface area contributed by atoms with Gasteiger partial charge in [0.25, 0.3) is 5.89 Å². The first-order chi connectivity index (χ1) is 7.50. The van der Waals surface area contributed by atoms with Crippen LogP contribution in [-0.2, 0) is 4.79 Å². The van der Waals surface area contributed by atoms with Gasteiger partial charge in [-0.1, -0.05) is 13.8 Å². The Bertz CT molecular complexity index is 359. The molecule has 1 aromatic rings. The quantitative estimate of drug-likeness (QED) is 0.778. The van der Waals surface area contributed by atoms with Gasteiger partial charge in [0.05, 0.1) is 6.20 Å². The van der Waals surface area contributed by atoms with Crippen molar-refractivity contribution < 1.29 is 19.1 Å². The average molecular weight is 226 g/mol. The largest absolute Gasteiger partial charge is 0.480 e. The number of rotatable bonds is 5. The lowest BCUT2D eigenvalue weighted by molar-refractivity contribution is -0.139. The van der Waals surface area contributed by atoms with E-state index in [2.05, 4.69) is 10.3 Å². The van der Waals surface area contributed by atoms with E-state index in [4.69, 9.17) is 9.52 Å². The molecular weight excluding hydrogens is 212 g/mol. The van der Waals surface area contributed by atoms with Crippen LogP contribution in [0, 0.1) is 5.92 Å². The van der Waals surface area contributed by atoms with Gasteiger partial charge in [0.2, 0.25) is 0 Å². The Morgan fingerprint density at radius 3 is 2.69 bits per heavy atom. The minimum atomic E-state index is -1.06. The van der Waals surface area contributed by atoms with Gasteiger partial charge >= 0.3 is 11.9 Å². The van der Waals surface area contributed by atoms with E-state index in [0.717, 1.165) is 0 Å². The van der Waals surface area contributed by atoms with Crippen LogP contribution in [0.1, 0.15) is 31.0 Å². The average Bonchev–Trinajstić information content (AvgIpc) is 2.68. The van der Waals surface area contributed by atoms with Crippen molar-refractivity contribution in [1.29, 1.82) is 0 Å². The van der Waals surface area contributed by atoms with Crippen molar-refractivity contribution in [3.8, 4) is 0 Å². The number of aromatic nitrogens is 1. The molecule has 2 N–H and O–H groups in total. The number of carboxylic acid groups (broad SMARTS) is 1. The number of oxazole rings is 1. The number of carbonyl (C=O) groups excluding carboxylic acids is 1. The maximum atomic E-state index is 11.5. The van der Waals surface area contributed by atoms with Crippen LogP contribution in [-0.4, -0.2) is 28.0 Å². The van der Waals surface area contributed by atoms with E-state index in [1.807, 2.05) is 13.8 Å². The molecule has 0 aliphatic heterocycles. The summed E-state index contributed by atoms with van der Waals surface area (Å²) in [6.07, 6.45) is 2.95. The zero-order valence-corrected chi connectivity index (χ0v) is 9.14. The molecule has 1 heterocycles. The first-order valence-corrected chi connectivity index (χ1v) is 4.94. The second-order valence-electron chi connectivity index (χ2n) is 3.83. The molecule has 0 aromatic carbocycles. The van der Waals surface area contributed by atoms with Gasteiger partial charge in [-0.05, 0) is 12.3 Å². The fourth-order valence-corrected chi connectivity index (χ4v) is 1.25. The summed E-state index contributed by atoms with van der Waals surface area (Å²) in [5, 5.41) is 11.3. The van der Waals surface area contributed by atoms with Gasteiger partial charge in [0, 0.05) is 0 Å². The molecule has 6 nitrogen and oxygen atoms in total. The van der Waals surface area contributed by atoms with Crippen molar-refractivity contribution in [2.24, 2.45) is 5.92 Å². The zero-order valence-electron chi connectivity index (χ0n) is 9.14. The van der Waals surface area contributed by atoms with Crippen LogP contribution in [0.2, 0.25) is 0 Å². The van der Waals surface area contributed by atoms with Crippen molar-refractivity contribution in [2.45, 2.75) is 26.3 Å². The standard InChI is InChI=1S/C10H14N2O4/c1-6(2)5-7(10(14)15)12-8(13)9-11-3-4-16-9/h3-4,6-7H,5H2,1-2H3,(H,12,13)(H,14,15)/t7-/m0/s1. The van der Waals surface area contributed by atoms with Crippen LogP contribution in [0.15, 0.2) is 16.9 Å². The van der Waals surface area contributed by atoms with Gasteiger partial charge < -0.3 is 14.8 Å². The van der Waals surface area contributed by atoms with E-state index in [0.29, 0.717) is 6.42 Å². The predicted molar refractivity (Wildman–Crippen MR) is 54.8 cm³/mol.